The second-order valence-corrected chi connectivity index (χ2v) is 7.90. The van der Waals surface area contributed by atoms with Gasteiger partial charge in [0.05, 0.1) is 18.5 Å². The van der Waals surface area contributed by atoms with E-state index >= 15 is 0 Å². The highest BCUT2D eigenvalue weighted by Gasteiger charge is 2.41. The number of carbonyl (C=O) groups excluding carboxylic acids is 2. The zero-order valence-corrected chi connectivity index (χ0v) is 18.8. The van der Waals surface area contributed by atoms with Crippen molar-refractivity contribution in [3.05, 3.63) is 95.1 Å². The van der Waals surface area contributed by atoms with Gasteiger partial charge < -0.3 is 4.74 Å². The molecular formula is C26H22N2O3S. The number of nitrogens with zero attached hydrogens (tertiary/aromatic N) is 2. The number of anilines is 2. The van der Waals surface area contributed by atoms with Gasteiger partial charge in [0.1, 0.15) is 11.3 Å². The van der Waals surface area contributed by atoms with Gasteiger partial charge >= 0.3 is 0 Å². The summed E-state index contributed by atoms with van der Waals surface area (Å²) in [5, 5.41) is 0.116. The number of amides is 2. The van der Waals surface area contributed by atoms with E-state index < -0.39 is 11.8 Å². The fraction of sp³-hybridized carbons (Fsp3) is 0.115. The van der Waals surface area contributed by atoms with Crippen LogP contribution in [0.5, 0.6) is 5.75 Å². The lowest BCUT2D eigenvalue weighted by atomic mass is 10.0. The van der Waals surface area contributed by atoms with Crippen LogP contribution < -0.4 is 14.5 Å². The highest BCUT2D eigenvalue weighted by Crippen LogP contribution is 2.31. The molecule has 32 heavy (non-hydrogen) atoms. The Balaban J connectivity index is 1.88. The molecule has 0 N–H and O–H groups in total. The predicted molar refractivity (Wildman–Crippen MR) is 131 cm³/mol. The molecule has 0 atom stereocenters. The summed E-state index contributed by atoms with van der Waals surface area (Å²) in [7, 11) is 1.55. The first-order valence-electron chi connectivity index (χ1n) is 10.1. The Bertz CT molecular complexity index is 1160. The number of para-hydroxylation sites is 1. The van der Waals surface area contributed by atoms with Crippen molar-refractivity contribution < 1.29 is 14.3 Å². The maximum absolute atomic E-state index is 13.5. The van der Waals surface area contributed by atoms with Crippen molar-refractivity contribution in [2.75, 3.05) is 16.9 Å². The number of aryl methyl sites for hydroxylation is 2. The molecule has 160 valence electrons. The lowest BCUT2D eigenvalue weighted by Crippen LogP contribution is -2.56. The van der Waals surface area contributed by atoms with Crippen molar-refractivity contribution in [3.8, 4) is 5.75 Å². The third-order valence-corrected chi connectivity index (χ3v) is 5.64. The SMILES string of the molecule is COc1ccccc1C=C1C(=O)N(c2ccc(C)cc2)C(=S)N(c2ccc(C)cc2)C1=O. The van der Waals surface area contributed by atoms with Crippen LogP contribution in [0.4, 0.5) is 11.4 Å². The summed E-state index contributed by atoms with van der Waals surface area (Å²) < 4.78 is 5.41. The van der Waals surface area contributed by atoms with Crippen LogP contribution >= 0.6 is 12.2 Å². The molecule has 4 rings (SSSR count). The molecule has 1 aliphatic rings. The Morgan fingerprint density at radius 3 is 1.69 bits per heavy atom. The van der Waals surface area contributed by atoms with Crippen molar-refractivity contribution >= 4 is 46.6 Å². The van der Waals surface area contributed by atoms with E-state index in [1.807, 2.05) is 74.5 Å². The van der Waals surface area contributed by atoms with E-state index in [9.17, 15) is 9.59 Å². The molecule has 0 radical (unpaired) electrons. The van der Waals surface area contributed by atoms with Crippen molar-refractivity contribution in [2.45, 2.75) is 13.8 Å². The summed E-state index contributed by atoms with van der Waals surface area (Å²) in [6.45, 7) is 3.94. The predicted octanol–water partition coefficient (Wildman–Crippen LogP) is 5.06. The van der Waals surface area contributed by atoms with E-state index in [0.717, 1.165) is 11.1 Å². The van der Waals surface area contributed by atoms with Crippen LogP contribution in [0.1, 0.15) is 16.7 Å². The minimum absolute atomic E-state index is 0.00394. The lowest BCUT2D eigenvalue weighted by Gasteiger charge is -2.36. The molecular weight excluding hydrogens is 420 g/mol. The van der Waals surface area contributed by atoms with Gasteiger partial charge in [0.25, 0.3) is 11.8 Å². The highest BCUT2D eigenvalue weighted by molar-refractivity contribution is 7.81. The number of thiocarbonyl (C=S) groups is 1. The van der Waals surface area contributed by atoms with Crippen molar-refractivity contribution in [3.63, 3.8) is 0 Å². The Labute approximate surface area is 192 Å². The fourth-order valence-corrected chi connectivity index (χ4v) is 3.89. The minimum atomic E-state index is -0.474. The topological polar surface area (TPSA) is 49.9 Å². The normalized spacial score (nSPS) is 14.1. The quantitative estimate of drug-likeness (QED) is 0.322. The van der Waals surface area contributed by atoms with E-state index in [4.69, 9.17) is 17.0 Å². The van der Waals surface area contributed by atoms with Crippen molar-refractivity contribution in [2.24, 2.45) is 0 Å². The van der Waals surface area contributed by atoms with Crippen LogP contribution in [0.2, 0.25) is 0 Å². The second kappa shape index (κ2) is 8.77. The monoisotopic (exact) mass is 442 g/mol. The second-order valence-electron chi connectivity index (χ2n) is 7.53. The molecule has 5 nitrogen and oxygen atoms in total. The van der Waals surface area contributed by atoms with Gasteiger partial charge in [0.2, 0.25) is 0 Å². The van der Waals surface area contributed by atoms with Gasteiger partial charge in [-0.25, -0.2) is 0 Å². The van der Waals surface area contributed by atoms with E-state index in [2.05, 4.69) is 0 Å². The van der Waals surface area contributed by atoms with Crippen LogP contribution in [0.25, 0.3) is 6.08 Å². The maximum atomic E-state index is 13.5. The van der Waals surface area contributed by atoms with E-state index in [1.54, 1.807) is 25.3 Å². The summed E-state index contributed by atoms with van der Waals surface area (Å²) >= 11 is 5.66. The van der Waals surface area contributed by atoms with E-state index in [-0.39, 0.29) is 10.7 Å². The third-order valence-electron chi connectivity index (χ3n) is 5.27. The van der Waals surface area contributed by atoms with Gasteiger partial charge in [-0.3, -0.25) is 19.4 Å². The Hall–Kier alpha value is -3.77. The Kier molecular flexibility index (Phi) is 5.88. The van der Waals surface area contributed by atoms with E-state index in [0.29, 0.717) is 22.7 Å². The standard InChI is InChI=1S/C26H22N2O3S/c1-17-8-12-20(13-9-17)27-24(29)22(16-19-6-4-5-7-23(19)31-3)25(30)28(26(27)32)21-14-10-18(2)11-15-21/h4-16H,1-3H3. The summed E-state index contributed by atoms with van der Waals surface area (Å²) in [6, 6.07) is 22.1. The van der Waals surface area contributed by atoms with Crippen LogP contribution in [0.3, 0.4) is 0 Å². The molecule has 0 saturated carbocycles. The number of hydrogen-bond donors (Lipinski definition) is 0. The maximum Gasteiger partial charge on any atom is 0.270 e. The number of benzene rings is 3. The van der Waals surface area contributed by atoms with Gasteiger partial charge in [-0.1, -0.05) is 53.6 Å². The number of ether oxygens (including phenoxy) is 1. The summed E-state index contributed by atoms with van der Waals surface area (Å²) in [5.41, 5.74) is 3.94. The lowest BCUT2D eigenvalue weighted by molar-refractivity contribution is -0.120. The molecule has 6 heteroatoms. The van der Waals surface area contributed by atoms with E-state index in [1.165, 1.54) is 9.80 Å². The first kappa shape index (κ1) is 21.5. The van der Waals surface area contributed by atoms with Crippen LogP contribution in [-0.2, 0) is 9.59 Å². The Morgan fingerprint density at radius 2 is 1.22 bits per heavy atom. The number of methoxy groups -OCH3 is 1. The highest BCUT2D eigenvalue weighted by atomic mass is 32.1. The van der Waals surface area contributed by atoms with Gasteiger partial charge in [-0.15, -0.1) is 0 Å². The average Bonchev–Trinajstić information content (AvgIpc) is 2.79. The van der Waals surface area contributed by atoms with Gasteiger partial charge in [0, 0.05) is 5.56 Å². The third kappa shape index (κ3) is 3.92. The molecule has 0 spiro atoms. The zero-order chi connectivity index (χ0) is 22.8. The molecule has 0 aliphatic carbocycles. The van der Waals surface area contributed by atoms with Gasteiger partial charge in [-0.2, -0.15) is 0 Å². The van der Waals surface area contributed by atoms with Crippen LogP contribution in [-0.4, -0.2) is 24.0 Å². The van der Waals surface area contributed by atoms with Gasteiger partial charge in [0.15, 0.2) is 5.11 Å². The smallest absolute Gasteiger partial charge is 0.270 e. The summed E-state index contributed by atoms with van der Waals surface area (Å²) in [4.78, 5) is 29.9. The number of rotatable bonds is 4. The molecule has 1 aliphatic heterocycles. The average molecular weight is 443 g/mol. The van der Waals surface area contributed by atoms with Gasteiger partial charge in [-0.05, 0) is 62.5 Å². The molecule has 1 heterocycles. The summed E-state index contributed by atoms with van der Waals surface area (Å²) in [6.07, 6.45) is 1.56. The summed E-state index contributed by atoms with van der Waals surface area (Å²) in [5.74, 6) is -0.381. The molecule has 0 bridgehead atoms. The first-order chi connectivity index (χ1) is 15.4. The first-order valence-corrected chi connectivity index (χ1v) is 10.5. The van der Waals surface area contributed by atoms with Crippen molar-refractivity contribution in [1.82, 2.24) is 0 Å². The molecule has 1 saturated heterocycles. The van der Waals surface area contributed by atoms with Crippen LogP contribution in [0, 0.1) is 13.8 Å². The molecule has 3 aromatic rings. The molecule has 3 aromatic carbocycles. The Morgan fingerprint density at radius 1 is 0.750 bits per heavy atom. The van der Waals surface area contributed by atoms with Crippen molar-refractivity contribution in [1.29, 1.82) is 0 Å². The minimum Gasteiger partial charge on any atom is -0.496 e. The fourth-order valence-electron chi connectivity index (χ4n) is 3.51. The number of carbonyl (C=O) groups is 2. The largest absolute Gasteiger partial charge is 0.496 e. The molecule has 2 amide bonds. The molecule has 0 unspecified atom stereocenters. The number of hydrogen-bond acceptors (Lipinski definition) is 4. The zero-order valence-electron chi connectivity index (χ0n) is 18.0. The molecule has 1 fully saturated rings. The van der Waals surface area contributed by atoms with Crippen LogP contribution in [0.15, 0.2) is 78.4 Å². The molecule has 0 aromatic heterocycles.